The van der Waals surface area contributed by atoms with Crippen molar-refractivity contribution in [1.29, 1.82) is 0 Å². The van der Waals surface area contributed by atoms with Gasteiger partial charge in [0.1, 0.15) is 0 Å². The first-order valence-electron chi connectivity index (χ1n) is 8.53. The van der Waals surface area contributed by atoms with Crippen molar-refractivity contribution in [3.05, 3.63) is 11.9 Å². The third kappa shape index (κ3) is 3.16. The molecule has 6 nitrogen and oxygen atoms in total. The predicted octanol–water partition coefficient (Wildman–Crippen LogP) is 1.85. The molecule has 2 fully saturated rings. The molecular formula is C16H27N5O. The Hall–Kier alpha value is -1.43. The Kier molecular flexibility index (Phi) is 4.47. The summed E-state index contributed by atoms with van der Waals surface area (Å²) in [6, 6.07) is 0.375. The number of rotatable bonds is 3. The summed E-state index contributed by atoms with van der Waals surface area (Å²) in [5.41, 5.74) is 0.891. The highest BCUT2D eigenvalue weighted by Gasteiger charge is 2.31. The first-order valence-corrected chi connectivity index (χ1v) is 8.53. The minimum atomic E-state index is 0.0401. The normalized spacial score (nSPS) is 22.7. The lowest BCUT2D eigenvalue weighted by molar-refractivity contribution is 0.0594. The molecule has 1 aromatic heterocycles. The van der Waals surface area contributed by atoms with Crippen LogP contribution < -0.4 is 5.32 Å². The van der Waals surface area contributed by atoms with Crippen molar-refractivity contribution in [2.75, 3.05) is 26.2 Å². The SMILES string of the molecule is CCC1(C)CCN(C(=O)c2cn(C3CCNCC3)nn2)CC1. The molecule has 0 unspecified atom stereocenters. The van der Waals surface area contributed by atoms with E-state index in [1.165, 1.54) is 6.42 Å². The zero-order valence-electron chi connectivity index (χ0n) is 13.7. The second kappa shape index (κ2) is 6.36. The third-order valence-corrected chi connectivity index (χ3v) is 5.52. The zero-order chi connectivity index (χ0) is 15.6. The van der Waals surface area contributed by atoms with Gasteiger partial charge in [-0.1, -0.05) is 25.5 Å². The highest BCUT2D eigenvalue weighted by molar-refractivity contribution is 5.92. The molecule has 2 saturated heterocycles. The molecule has 0 bridgehead atoms. The molecule has 0 spiro atoms. The maximum atomic E-state index is 12.6. The standard InChI is InChI=1S/C16H27N5O/c1-3-16(2)6-10-20(11-7-16)15(22)14-12-21(19-18-14)13-4-8-17-9-5-13/h12-13,17H,3-11H2,1-2H3. The van der Waals surface area contributed by atoms with Crippen LogP contribution in [0.15, 0.2) is 6.20 Å². The molecule has 3 rings (SSSR count). The number of nitrogens with one attached hydrogen (secondary N) is 1. The minimum absolute atomic E-state index is 0.0401. The van der Waals surface area contributed by atoms with E-state index in [-0.39, 0.29) is 5.91 Å². The second-order valence-corrected chi connectivity index (χ2v) is 7.02. The number of hydrogen-bond acceptors (Lipinski definition) is 4. The summed E-state index contributed by atoms with van der Waals surface area (Å²) in [6.45, 7) is 8.25. The molecule has 0 aliphatic carbocycles. The van der Waals surface area contributed by atoms with Gasteiger partial charge >= 0.3 is 0 Å². The Labute approximate surface area is 132 Å². The molecule has 2 aliphatic heterocycles. The van der Waals surface area contributed by atoms with Crippen LogP contribution >= 0.6 is 0 Å². The van der Waals surface area contributed by atoms with E-state index in [0.717, 1.165) is 51.9 Å². The molecule has 1 aromatic rings. The van der Waals surface area contributed by atoms with Gasteiger partial charge in [-0.15, -0.1) is 5.10 Å². The number of hydrogen-bond donors (Lipinski definition) is 1. The number of carbonyl (C=O) groups excluding carboxylic acids is 1. The van der Waals surface area contributed by atoms with Crippen LogP contribution in [-0.4, -0.2) is 52.0 Å². The number of aromatic nitrogens is 3. The first-order chi connectivity index (χ1) is 10.6. The Morgan fingerprint density at radius 2 is 2.05 bits per heavy atom. The highest BCUT2D eigenvalue weighted by atomic mass is 16.2. The number of amides is 1. The van der Waals surface area contributed by atoms with Gasteiger partial charge < -0.3 is 10.2 Å². The number of piperidine rings is 2. The number of carbonyl (C=O) groups is 1. The lowest BCUT2D eigenvalue weighted by atomic mass is 9.78. The Balaban J connectivity index is 1.62. The van der Waals surface area contributed by atoms with Crippen LogP contribution in [-0.2, 0) is 0 Å². The fourth-order valence-electron chi connectivity index (χ4n) is 3.39. The van der Waals surface area contributed by atoms with E-state index in [0.29, 0.717) is 17.2 Å². The van der Waals surface area contributed by atoms with Crippen molar-refractivity contribution in [3.8, 4) is 0 Å². The Bertz CT molecular complexity index is 512. The van der Waals surface area contributed by atoms with Crippen LogP contribution in [0.25, 0.3) is 0 Å². The van der Waals surface area contributed by atoms with Crippen LogP contribution in [0.1, 0.15) is 62.5 Å². The van der Waals surface area contributed by atoms with Crippen LogP contribution in [0.2, 0.25) is 0 Å². The minimum Gasteiger partial charge on any atom is -0.337 e. The van der Waals surface area contributed by atoms with E-state index >= 15 is 0 Å². The van der Waals surface area contributed by atoms with Crippen molar-refractivity contribution >= 4 is 5.91 Å². The molecule has 1 N–H and O–H groups in total. The number of nitrogens with zero attached hydrogens (tertiary/aromatic N) is 4. The quantitative estimate of drug-likeness (QED) is 0.926. The molecule has 3 heterocycles. The summed E-state index contributed by atoms with van der Waals surface area (Å²) in [6.07, 6.45) is 7.29. The molecule has 0 saturated carbocycles. The van der Waals surface area contributed by atoms with Crippen LogP contribution in [0, 0.1) is 5.41 Å². The summed E-state index contributed by atoms with van der Waals surface area (Å²) in [5.74, 6) is 0.0401. The fraction of sp³-hybridized carbons (Fsp3) is 0.812. The van der Waals surface area contributed by atoms with Crippen molar-refractivity contribution in [1.82, 2.24) is 25.2 Å². The van der Waals surface area contributed by atoms with E-state index in [1.807, 2.05) is 15.8 Å². The third-order valence-electron chi connectivity index (χ3n) is 5.52. The van der Waals surface area contributed by atoms with E-state index in [9.17, 15) is 4.79 Å². The monoisotopic (exact) mass is 305 g/mol. The van der Waals surface area contributed by atoms with E-state index in [4.69, 9.17) is 0 Å². The van der Waals surface area contributed by atoms with Gasteiger partial charge in [0.05, 0.1) is 12.2 Å². The summed E-state index contributed by atoms with van der Waals surface area (Å²) < 4.78 is 1.88. The molecule has 6 heteroatoms. The van der Waals surface area contributed by atoms with E-state index in [2.05, 4.69) is 29.5 Å². The zero-order valence-corrected chi connectivity index (χ0v) is 13.7. The van der Waals surface area contributed by atoms with Crippen LogP contribution in [0.4, 0.5) is 0 Å². The number of likely N-dealkylation sites (tertiary alicyclic amines) is 1. The molecule has 0 aromatic carbocycles. The highest BCUT2D eigenvalue weighted by Crippen LogP contribution is 2.34. The summed E-state index contributed by atoms with van der Waals surface area (Å²) >= 11 is 0. The molecule has 22 heavy (non-hydrogen) atoms. The average molecular weight is 305 g/mol. The lowest BCUT2D eigenvalue weighted by Gasteiger charge is -2.38. The van der Waals surface area contributed by atoms with Gasteiger partial charge in [-0.05, 0) is 44.2 Å². The first kappa shape index (κ1) is 15.5. The molecular weight excluding hydrogens is 278 g/mol. The maximum Gasteiger partial charge on any atom is 0.276 e. The molecule has 1 amide bonds. The van der Waals surface area contributed by atoms with E-state index < -0.39 is 0 Å². The summed E-state index contributed by atoms with van der Waals surface area (Å²) in [4.78, 5) is 14.5. The molecule has 0 atom stereocenters. The van der Waals surface area contributed by atoms with E-state index in [1.54, 1.807) is 0 Å². The largest absolute Gasteiger partial charge is 0.337 e. The van der Waals surface area contributed by atoms with Crippen LogP contribution in [0.3, 0.4) is 0 Å². The molecule has 122 valence electrons. The Morgan fingerprint density at radius 3 is 2.68 bits per heavy atom. The van der Waals surface area contributed by atoms with Gasteiger partial charge in [-0.25, -0.2) is 4.68 Å². The second-order valence-electron chi connectivity index (χ2n) is 7.02. The smallest absolute Gasteiger partial charge is 0.276 e. The molecule has 2 aliphatic rings. The summed E-state index contributed by atoms with van der Waals surface area (Å²) in [7, 11) is 0. The predicted molar refractivity (Wildman–Crippen MR) is 84.7 cm³/mol. The fourth-order valence-corrected chi connectivity index (χ4v) is 3.39. The summed E-state index contributed by atoms with van der Waals surface area (Å²) in [5, 5.41) is 11.7. The average Bonchev–Trinajstić information content (AvgIpc) is 3.06. The van der Waals surface area contributed by atoms with Gasteiger partial charge in [0.2, 0.25) is 0 Å². The van der Waals surface area contributed by atoms with Crippen molar-refractivity contribution < 1.29 is 4.79 Å². The molecule has 0 radical (unpaired) electrons. The van der Waals surface area contributed by atoms with Gasteiger partial charge in [0.25, 0.3) is 5.91 Å². The van der Waals surface area contributed by atoms with Crippen molar-refractivity contribution in [2.45, 2.75) is 52.0 Å². The van der Waals surface area contributed by atoms with Crippen molar-refractivity contribution in [3.63, 3.8) is 0 Å². The topological polar surface area (TPSA) is 63.1 Å². The maximum absolute atomic E-state index is 12.6. The van der Waals surface area contributed by atoms with Gasteiger partial charge in [-0.2, -0.15) is 0 Å². The van der Waals surface area contributed by atoms with Gasteiger partial charge in [0, 0.05) is 13.1 Å². The van der Waals surface area contributed by atoms with Crippen LogP contribution in [0.5, 0.6) is 0 Å². The van der Waals surface area contributed by atoms with Gasteiger partial charge in [0.15, 0.2) is 5.69 Å². The Morgan fingerprint density at radius 1 is 1.36 bits per heavy atom. The van der Waals surface area contributed by atoms with Crippen molar-refractivity contribution in [2.24, 2.45) is 5.41 Å². The lowest BCUT2D eigenvalue weighted by Crippen LogP contribution is -2.42. The van der Waals surface area contributed by atoms with Gasteiger partial charge in [-0.3, -0.25) is 4.79 Å².